The first-order valence-electron chi connectivity index (χ1n) is 12.2. The van der Waals surface area contributed by atoms with Crippen molar-refractivity contribution >= 4 is 27.8 Å². The molecule has 0 radical (unpaired) electrons. The minimum Gasteiger partial charge on any atom is -0.481 e. The van der Waals surface area contributed by atoms with E-state index in [1.807, 2.05) is 71.0 Å². The molecule has 7 heteroatoms. The molecule has 0 bridgehead atoms. The highest BCUT2D eigenvalue weighted by Crippen LogP contribution is 2.51. The van der Waals surface area contributed by atoms with Gasteiger partial charge >= 0.3 is 5.97 Å². The van der Waals surface area contributed by atoms with E-state index in [1.54, 1.807) is 24.3 Å². The Morgan fingerprint density at radius 3 is 2.00 bits per heavy atom. The zero-order chi connectivity index (χ0) is 26.2. The van der Waals surface area contributed by atoms with Crippen LogP contribution >= 0.6 is 11.8 Å². The molecule has 3 aromatic rings. The van der Waals surface area contributed by atoms with Crippen LogP contribution in [0.3, 0.4) is 0 Å². The van der Waals surface area contributed by atoms with E-state index >= 15 is 0 Å². The molecule has 1 aliphatic heterocycles. The van der Waals surface area contributed by atoms with Crippen molar-refractivity contribution in [2.45, 2.75) is 68.2 Å². The fourth-order valence-electron chi connectivity index (χ4n) is 4.99. The molecule has 1 saturated heterocycles. The number of thioether (sulfide) groups is 1. The highest BCUT2D eigenvalue weighted by molar-refractivity contribution is 8.00. The summed E-state index contributed by atoms with van der Waals surface area (Å²) in [5, 5.41) is 10.1. The monoisotopic (exact) mass is 523 g/mol. The molecular formula is C29H33NO4S2. The predicted octanol–water partition coefficient (Wildman–Crippen LogP) is 6.31. The molecule has 1 heterocycles. The van der Waals surface area contributed by atoms with Gasteiger partial charge in [-0.05, 0) is 75.1 Å². The second-order valence-electron chi connectivity index (χ2n) is 9.67. The van der Waals surface area contributed by atoms with Crippen LogP contribution < -0.4 is 0 Å². The minimum absolute atomic E-state index is 0.185. The highest BCUT2D eigenvalue weighted by Gasteiger charge is 2.57. The van der Waals surface area contributed by atoms with Crippen molar-refractivity contribution in [1.82, 2.24) is 4.31 Å². The lowest BCUT2D eigenvalue weighted by Gasteiger charge is -2.30. The Bertz CT molecular complexity index is 1350. The Balaban J connectivity index is 1.89. The summed E-state index contributed by atoms with van der Waals surface area (Å²) in [4.78, 5) is 14.0. The van der Waals surface area contributed by atoms with E-state index in [0.29, 0.717) is 12.0 Å². The molecule has 0 amide bonds. The maximum Gasteiger partial charge on any atom is 0.309 e. The molecule has 1 N–H and O–H groups in total. The minimum atomic E-state index is -3.97. The van der Waals surface area contributed by atoms with Crippen LogP contribution in [0.1, 0.15) is 47.2 Å². The molecule has 5 nitrogen and oxygen atoms in total. The fraction of sp³-hybridized carbons (Fsp3) is 0.345. The maximum atomic E-state index is 14.2. The van der Waals surface area contributed by atoms with E-state index in [1.165, 1.54) is 16.1 Å². The third-order valence-electron chi connectivity index (χ3n) is 7.14. The molecule has 36 heavy (non-hydrogen) atoms. The van der Waals surface area contributed by atoms with E-state index in [9.17, 15) is 18.3 Å². The van der Waals surface area contributed by atoms with Crippen molar-refractivity contribution < 1.29 is 18.3 Å². The smallest absolute Gasteiger partial charge is 0.309 e. The highest BCUT2D eigenvalue weighted by atomic mass is 32.2. The fourth-order valence-corrected chi connectivity index (χ4v) is 8.58. The van der Waals surface area contributed by atoms with Crippen LogP contribution in [-0.4, -0.2) is 35.1 Å². The van der Waals surface area contributed by atoms with E-state index in [-0.39, 0.29) is 4.90 Å². The number of carboxylic acids is 1. The van der Waals surface area contributed by atoms with Crippen molar-refractivity contribution in [3.05, 3.63) is 94.5 Å². The van der Waals surface area contributed by atoms with Gasteiger partial charge in [-0.15, -0.1) is 11.8 Å². The second-order valence-corrected chi connectivity index (χ2v) is 12.8. The van der Waals surface area contributed by atoms with Gasteiger partial charge in [0.1, 0.15) is 0 Å². The van der Waals surface area contributed by atoms with Crippen LogP contribution in [0.25, 0.3) is 0 Å². The molecule has 4 rings (SSSR count). The number of nitrogens with zero attached hydrogens (tertiary/aromatic N) is 1. The van der Waals surface area contributed by atoms with Gasteiger partial charge in [0.2, 0.25) is 10.0 Å². The molecule has 0 spiro atoms. The second kappa shape index (κ2) is 10.4. The molecule has 3 aromatic carbocycles. The number of carbonyl (C=O) groups is 1. The molecule has 190 valence electrons. The summed E-state index contributed by atoms with van der Waals surface area (Å²) in [7, 11) is -3.97. The largest absolute Gasteiger partial charge is 0.481 e. The number of carboxylic acid groups (broad SMARTS) is 1. The number of sulfonamides is 1. The van der Waals surface area contributed by atoms with Gasteiger partial charge in [-0.25, -0.2) is 8.42 Å². The summed E-state index contributed by atoms with van der Waals surface area (Å²) < 4.78 is 29.8. The van der Waals surface area contributed by atoms with Crippen LogP contribution in [0.4, 0.5) is 0 Å². The van der Waals surface area contributed by atoms with Gasteiger partial charge in [-0.1, -0.05) is 60.5 Å². The summed E-state index contributed by atoms with van der Waals surface area (Å²) in [6.07, 6.45) is 0.500. The third kappa shape index (κ3) is 4.97. The Hall–Kier alpha value is -2.61. The zero-order valence-electron chi connectivity index (χ0n) is 21.3. The Morgan fingerprint density at radius 1 is 0.889 bits per heavy atom. The summed E-state index contributed by atoms with van der Waals surface area (Å²) in [6, 6.07) is 19.1. The Morgan fingerprint density at radius 2 is 1.47 bits per heavy atom. The number of aryl methyl sites for hydroxylation is 4. The van der Waals surface area contributed by atoms with E-state index in [0.717, 1.165) is 27.1 Å². The molecular weight excluding hydrogens is 490 g/mol. The number of hydrogen-bond donors (Lipinski definition) is 1. The van der Waals surface area contributed by atoms with E-state index < -0.39 is 39.2 Å². The predicted molar refractivity (Wildman–Crippen MR) is 145 cm³/mol. The van der Waals surface area contributed by atoms with Crippen molar-refractivity contribution in [3.63, 3.8) is 0 Å². The third-order valence-corrected chi connectivity index (χ3v) is 10.5. The van der Waals surface area contributed by atoms with Crippen LogP contribution in [0.15, 0.2) is 76.5 Å². The SMILES string of the molecule is CC[C@@H]1[C@@H](Sc2ccc(C)c(C)c2)[C@@H](C(=O)O)[C@H](c2ccc(C)cc2)N1S(=O)(=O)c1ccc(C)cc1. The maximum absolute atomic E-state index is 14.2. The van der Waals surface area contributed by atoms with Crippen molar-refractivity contribution in [1.29, 1.82) is 0 Å². The number of hydrogen-bond acceptors (Lipinski definition) is 4. The molecule has 0 aliphatic carbocycles. The van der Waals surface area contributed by atoms with Crippen LogP contribution in [0.5, 0.6) is 0 Å². The van der Waals surface area contributed by atoms with Gasteiger partial charge in [0.25, 0.3) is 0 Å². The zero-order valence-corrected chi connectivity index (χ0v) is 22.9. The number of aliphatic carboxylic acids is 1. The van der Waals surface area contributed by atoms with Crippen molar-refractivity contribution in [2.24, 2.45) is 5.92 Å². The first-order chi connectivity index (χ1) is 17.0. The van der Waals surface area contributed by atoms with E-state index in [4.69, 9.17) is 0 Å². The Kier molecular flexibility index (Phi) is 7.64. The topological polar surface area (TPSA) is 74.7 Å². The number of benzene rings is 3. The lowest BCUT2D eigenvalue weighted by Crippen LogP contribution is -2.39. The summed E-state index contributed by atoms with van der Waals surface area (Å²) in [6.45, 7) is 9.88. The van der Waals surface area contributed by atoms with Gasteiger partial charge in [0.05, 0.1) is 16.9 Å². The van der Waals surface area contributed by atoms with E-state index in [2.05, 4.69) is 6.07 Å². The molecule has 0 saturated carbocycles. The molecule has 0 aromatic heterocycles. The van der Waals surface area contributed by atoms with Gasteiger partial charge < -0.3 is 5.11 Å². The summed E-state index contributed by atoms with van der Waals surface area (Å²) in [5.41, 5.74) is 4.98. The van der Waals surface area contributed by atoms with Crippen LogP contribution in [-0.2, 0) is 14.8 Å². The Labute approximate surface area is 218 Å². The van der Waals surface area contributed by atoms with Gasteiger partial charge in [-0.3, -0.25) is 4.79 Å². The lowest BCUT2D eigenvalue weighted by atomic mass is 9.92. The van der Waals surface area contributed by atoms with Crippen molar-refractivity contribution in [2.75, 3.05) is 0 Å². The van der Waals surface area contributed by atoms with Gasteiger partial charge in [0, 0.05) is 16.2 Å². The molecule has 1 fully saturated rings. The lowest BCUT2D eigenvalue weighted by molar-refractivity contribution is -0.142. The number of rotatable bonds is 7. The average Bonchev–Trinajstić information content (AvgIpc) is 3.17. The standard InChI is InChI=1S/C29H33NO4S2/c1-6-25-28(35-23-14-11-20(4)21(5)17-23)26(29(31)32)27(22-12-7-18(2)8-13-22)30(25)36(33,34)24-15-9-19(3)10-16-24/h7-17,25-28H,6H2,1-5H3,(H,31,32)/t25-,26+,27+,28-/m1/s1. The van der Waals surface area contributed by atoms with Gasteiger partial charge in [0.15, 0.2) is 0 Å². The molecule has 0 unspecified atom stereocenters. The first kappa shape index (κ1) is 26.5. The average molecular weight is 524 g/mol. The first-order valence-corrected chi connectivity index (χ1v) is 14.5. The van der Waals surface area contributed by atoms with Crippen LogP contribution in [0, 0.1) is 33.6 Å². The van der Waals surface area contributed by atoms with Crippen molar-refractivity contribution in [3.8, 4) is 0 Å². The van der Waals surface area contributed by atoms with Crippen LogP contribution in [0.2, 0.25) is 0 Å². The summed E-state index contributed by atoms with van der Waals surface area (Å²) in [5.74, 6) is -1.90. The normalized spacial score (nSPS) is 22.6. The quantitative estimate of drug-likeness (QED) is 0.393. The van der Waals surface area contributed by atoms with Gasteiger partial charge in [-0.2, -0.15) is 4.31 Å². The molecule has 1 aliphatic rings. The summed E-state index contributed by atoms with van der Waals surface area (Å²) >= 11 is 1.48. The molecule has 4 atom stereocenters.